The quantitative estimate of drug-likeness (QED) is 0.669. The van der Waals surface area contributed by atoms with Crippen molar-refractivity contribution in [2.24, 2.45) is 0 Å². The highest BCUT2D eigenvalue weighted by atomic mass is 16.1. The molecule has 104 valence electrons. The van der Waals surface area contributed by atoms with Crippen LogP contribution in [0.5, 0.6) is 0 Å². The van der Waals surface area contributed by atoms with Gasteiger partial charge in [-0.1, -0.05) is 36.4 Å². The van der Waals surface area contributed by atoms with Gasteiger partial charge in [0.2, 0.25) is 0 Å². The number of hydrogen-bond acceptors (Lipinski definition) is 3. The van der Waals surface area contributed by atoms with Crippen molar-refractivity contribution in [2.45, 2.75) is 6.42 Å². The van der Waals surface area contributed by atoms with Crippen LogP contribution in [-0.4, -0.2) is 56.4 Å². The van der Waals surface area contributed by atoms with E-state index in [0.29, 0.717) is 6.42 Å². The summed E-state index contributed by atoms with van der Waals surface area (Å²) in [6.45, 7) is 2.82. The number of rotatable bonds is 8. The van der Waals surface area contributed by atoms with Crippen LogP contribution in [0.2, 0.25) is 0 Å². The third kappa shape index (κ3) is 7.54. The standard InChI is InChI=1S/C16H24N2O/c1-17(2)13-14-18(3)12-11-16(19)10-9-15-7-5-4-6-8-15/h4-10H,11-14H2,1-3H3/b10-9+. The lowest BCUT2D eigenvalue weighted by Crippen LogP contribution is -2.30. The Balaban J connectivity index is 2.26. The van der Waals surface area contributed by atoms with Gasteiger partial charge in [0.05, 0.1) is 0 Å². The van der Waals surface area contributed by atoms with Crippen LogP contribution in [-0.2, 0) is 4.79 Å². The van der Waals surface area contributed by atoms with E-state index >= 15 is 0 Å². The summed E-state index contributed by atoms with van der Waals surface area (Å²) in [6.07, 6.45) is 4.13. The number of allylic oxidation sites excluding steroid dienone is 1. The van der Waals surface area contributed by atoms with Crippen LogP contribution in [0.4, 0.5) is 0 Å². The molecule has 0 fully saturated rings. The fraction of sp³-hybridized carbons (Fsp3) is 0.438. The van der Waals surface area contributed by atoms with Crippen LogP contribution in [0.3, 0.4) is 0 Å². The van der Waals surface area contributed by atoms with Gasteiger partial charge in [-0.25, -0.2) is 0 Å². The highest BCUT2D eigenvalue weighted by molar-refractivity contribution is 5.93. The van der Waals surface area contributed by atoms with E-state index in [1.165, 1.54) is 0 Å². The first-order chi connectivity index (χ1) is 9.08. The molecule has 0 N–H and O–H groups in total. The molecule has 19 heavy (non-hydrogen) atoms. The summed E-state index contributed by atoms with van der Waals surface area (Å²) in [6, 6.07) is 9.90. The van der Waals surface area contributed by atoms with Crippen LogP contribution in [0.25, 0.3) is 6.08 Å². The molecular formula is C16H24N2O. The van der Waals surface area contributed by atoms with Gasteiger partial charge in [0, 0.05) is 26.1 Å². The molecule has 3 nitrogen and oxygen atoms in total. The summed E-state index contributed by atoms with van der Waals surface area (Å²) in [5, 5.41) is 0. The summed E-state index contributed by atoms with van der Waals surface area (Å²) < 4.78 is 0. The van der Waals surface area contributed by atoms with E-state index in [1.807, 2.05) is 36.4 Å². The first kappa shape index (κ1) is 15.6. The van der Waals surface area contributed by atoms with Crippen molar-refractivity contribution in [1.82, 2.24) is 9.80 Å². The largest absolute Gasteiger partial charge is 0.308 e. The molecule has 3 heteroatoms. The van der Waals surface area contributed by atoms with Gasteiger partial charge < -0.3 is 9.80 Å². The van der Waals surface area contributed by atoms with Gasteiger partial charge in [-0.15, -0.1) is 0 Å². The normalized spacial score (nSPS) is 11.6. The molecule has 0 aromatic heterocycles. The molecule has 1 rings (SSSR count). The van der Waals surface area contributed by atoms with E-state index in [1.54, 1.807) is 6.08 Å². The van der Waals surface area contributed by atoms with E-state index in [2.05, 4.69) is 30.9 Å². The minimum Gasteiger partial charge on any atom is -0.308 e. The van der Waals surface area contributed by atoms with Crippen molar-refractivity contribution in [1.29, 1.82) is 0 Å². The molecule has 0 spiro atoms. The van der Waals surface area contributed by atoms with Crippen LogP contribution in [0, 0.1) is 0 Å². The molecule has 0 unspecified atom stereocenters. The van der Waals surface area contributed by atoms with Gasteiger partial charge in [0.25, 0.3) is 0 Å². The molecule has 0 aliphatic rings. The SMILES string of the molecule is CN(C)CCN(C)CCC(=O)/C=C/c1ccccc1. The van der Waals surface area contributed by atoms with Crippen LogP contribution in [0.15, 0.2) is 36.4 Å². The van der Waals surface area contributed by atoms with Gasteiger partial charge >= 0.3 is 0 Å². The Hall–Kier alpha value is -1.45. The van der Waals surface area contributed by atoms with Crippen LogP contribution in [0.1, 0.15) is 12.0 Å². The minimum absolute atomic E-state index is 0.181. The smallest absolute Gasteiger partial charge is 0.156 e. The number of hydrogen-bond donors (Lipinski definition) is 0. The third-order valence-corrected chi connectivity index (χ3v) is 2.93. The molecule has 0 aliphatic carbocycles. The summed E-state index contributed by atoms with van der Waals surface area (Å²) in [5.41, 5.74) is 1.07. The second kappa shape index (κ2) is 8.62. The molecule has 0 saturated carbocycles. The Bertz CT molecular complexity index is 398. The molecule has 0 bridgehead atoms. The van der Waals surface area contributed by atoms with Crippen molar-refractivity contribution in [2.75, 3.05) is 40.8 Å². The maximum Gasteiger partial charge on any atom is 0.156 e. The molecule has 1 aromatic carbocycles. The zero-order valence-electron chi connectivity index (χ0n) is 12.2. The minimum atomic E-state index is 0.181. The molecule has 0 saturated heterocycles. The predicted octanol–water partition coefficient (Wildman–Crippen LogP) is 2.15. The number of carbonyl (C=O) groups is 1. The van der Waals surface area contributed by atoms with Crippen molar-refractivity contribution >= 4 is 11.9 Å². The summed E-state index contributed by atoms with van der Waals surface area (Å²) in [5.74, 6) is 0.181. The first-order valence-corrected chi connectivity index (χ1v) is 6.67. The third-order valence-electron chi connectivity index (χ3n) is 2.93. The van der Waals surface area contributed by atoms with Crippen LogP contribution < -0.4 is 0 Å². The highest BCUT2D eigenvalue weighted by Gasteiger charge is 2.02. The molecule has 0 heterocycles. The number of ketones is 1. The zero-order chi connectivity index (χ0) is 14.1. The zero-order valence-corrected chi connectivity index (χ0v) is 12.2. The molecule has 0 atom stereocenters. The Morgan fingerprint density at radius 2 is 1.74 bits per heavy atom. The lowest BCUT2D eigenvalue weighted by Gasteiger charge is -2.18. The Morgan fingerprint density at radius 1 is 1.05 bits per heavy atom. The molecular weight excluding hydrogens is 236 g/mol. The van der Waals surface area contributed by atoms with Crippen LogP contribution >= 0.6 is 0 Å². The number of nitrogens with zero attached hydrogens (tertiary/aromatic N) is 2. The summed E-state index contributed by atoms with van der Waals surface area (Å²) >= 11 is 0. The Labute approximate surface area is 116 Å². The summed E-state index contributed by atoms with van der Waals surface area (Å²) in [4.78, 5) is 16.1. The van der Waals surface area contributed by atoms with Gasteiger partial charge in [-0.2, -0.15) is 0 Å². The van der Waals surface area contributed by atoms with Crippen molar-refractivity contribution in [3.8, 4) is 0 Å². The topological polar surface area (TPSA) is 23.6 Å². The maximum atomic E-state index is 11.7. The van der Waals surface area contributed by atoms with E-state index in [4.69, 9.17) is 0 Å². The summed E-state index contributed by atoms with van der Waals surface area (Å²) in [7, 11) is 6.17. The maximum absolute atomic E-state index is 11.7. The Kier molecular flexibility index (Phi) is 7.08. The second-order valence-corrected chi connectivity index (χ2v) is 5.07. The molecule has 0 radical (unpaired) electrons. The van der Waals surface area contributed by atoms with E-state index in [0.717, 1.165) is 25.2 Å². The number of likely N-dealkylation sites (N-methyl/N-ethyl adjacent to an activating group) is 2. The lowest BCUT2D eigenvalue weighted by molar-refractivity contribution is -0.114. The van der Waals surface area contributed by atoms with E-state index < -0.39 is 0 Å². The number of carbonyl (C=O) groups excluding carboxylic acids is 1. The second-order valence-electron chi connectivity index (χ2n) is 5.07. The fourth-order valence-corrected chi connectivity index (χ4v) is 1.62. The predicted molar refractivity (Wildman–Crippen MR) is 81.2 cm³/mol. The van der Waals surface area contributed by atoms with Gasteiger partial charge in [0.1, 0.15) is 0 Å². The lowest BCUT2D eigenvalue weighted by atomic mass is 10.2. The van der Waals surface area contributed by atoms with E-state index in [9.17, 15) is 4.79 Å². The highest BCUT2D eigenvalue weighted by Crippen LogP contribution is 2.01. The van der Waals surface area contributed by atoms with Gasteiger partial charge in [0.15, 0.2) is 5.78 Å². The fourth-order valence-electron chi connectivity index (χ4n) is 1.62. The Morgan fingerprint density at radius 3 is 2.37 bits per heavy atom. The molecule has 0 aliphatic heterocycles. The van der Waals surface area contributed by atoms with Gasteiger partial charge in [-0.3, -0.25) is 4.79 Å². The monoisotopic (exact) mass is 260 g/mol. The molecule has 1 aromatic rings. The van der Waals surface area contributed by atoms with Gasteiger partial charge in [-0.05, 0) is 32.8 Å². The van der Waals surface area contributed by atoms with Crippen molar-refractivity contribution in [3.63, 3.8) is 0 Å². The first-order valence-electron chi connectivity index (χ1n) is 6.67. The average molecular weight is 260 g/mol. The van der Waals surface area contributed by atoms with Crippen molar-refractivity contribution < 1.29 is 4.79 Å². The average Bonchev–Trinajstić information content (AvgIpc) is 2.41. The van der Waals surface area contributed by atoms with Crippen molar-refractivity contribution in [3.05, 3.63) is 42.0 Å². The van der Waals surface area contributed by atoms with E-state index in [-0.39, 0.29) is 5.78 Å². The molecule has 0 amide bonds. The number of benzene rings is 1.